The van der Waals surface area contributed by atoms with Crippen LogP contribution in [0.15, 0.2) is 72.8 Å². The van der Waals surface area contributed by atoms with E-state index >= 15 is 0 Å². The molecule has 0 bridgehead atoms. The number of rotatable bonds is 6. The fraction of sp³-hybridized carbons (Fsp3) is 0.386. The second-order valence-electron chi connectivity index (χ2n) is 14.9. The molecular formula is C44H50N2O11Si. The molecular weight excluding hydrogens is 761 g/mol. The Morgan fingerprint density at radius 1 is 0.621 bits per heavy atom. The van der Waals surface area contributed by atoms with Crippen molar-refractivity contribution < 1.29 is 52.3 Å². The molecule has 0 saturated carbocycles. The highest BCUT2D eigenvalue weighted by molar-refractivity contribution is 7.01. The molecule has 0 amide bonds. The molecule has 0 aromatic heterocycles. The van der Waals surface area contributed by atoms with E-state index in [1.54, 1.807) is 26.4 Å². The summed E-state index contributed by atoms with van der Waals surface area (Å²) >= 11 is 0. The number of anilines is 2. The van der Waals surface area contributed by atoms with Gasteiger partial charge >= 0.3 is 17.9 Å². The third-order valence-corrected chi connectivity index (χ3v) is 14.5. The fourth-order valence-corrected chi connectivity index (χ4v) is 11.4. The van der Waals surface area contributed by atoms with Crippen LogP contribution in [0.1, 0.15) is 40.9 Å². The van der Waals surface area contributed by atoms with Crippen LogP contribution in [0.5, 0.6) is 23.0 Å². The molecule has 3 aliphatic rings. The number of benzene rings is 4. The van der Waals surface area contributed by atoms with Crippen molar-refractivity contribution in [3.63, 3.8) is 0 Å². The predicted molar refractivity (Wildman–Crippen MR) is 220 cm³/mol. The van der Waals surface area contributed by atoms with Crippen molar-refractivity contribution in [1.29, 1.82) is 0 Å². The number of carbonyl (C=O) groups excluding carboxylic acids is 3. The van der Waals surface area contributed by atoms with Crippen LogP contribution in [0, 0.1) is 0 Å². The molecule has 0 unspecified atom stereocenters. The second kappa shape index (κ2) is 17.2. The number of hydrogen-bond donors (Lipinski definition) is 0. The molecule has 1 fully saturated rings. The van der Waals surface area contributed by atoms with Crippen LogP contribution in [0.4, 0.5) is 11.4 Å². The monoisotopic (exact) mass is 810 g/mol. The first kappa shape index (κ1) is 40.8. The van der Waals surface area contributed by atoms with Gasteiger partial charge in [-0.15, -0.1) is 0 Å². The molecule has 1 saturated heterocycles. The Hall–Kier alpha value is -5.41. The standard InChI is InChI=1S/C44H50N2O11Si/c1-29(47)55-31-11-13-34-41(25-31)58(5,6)42-26-32(56-30(2)48)12-14-35(42)44(34)36-28-40(51-4)38(27-33(36)43(49)57-44)46-17-20-52-19-15-45(16-21-53-23-24-54-22-18-46)37-9-7-8-10-39(37)50-3/h7-14,25-28H,15-24H2,1-6H3. The lowest BCUT2D eigenvalue weighted by molar-refractivity contribution is -0.132. The first-order valence-corrected chi connectivity index (χ1v) is 22.5. The van der Waals surface area contributed by atoms with Crippen LogP contribution in [0.25, 0.3) is 0 Å². The van der Waals surface area contributed by atoms with Crippen molar-refractivity contribution in [3.05, 3.63) is 95.1 Å². The van der Waals surface area contributed by atoms with Gasteiger partial charge in [0.25, 0.3) is 0 Å². The number of esters is 3. The fourth-order valence-electron chi connectivity index (χ4n) is 8.25. The van der Waals surface area contributed by atoms with Gasteiger partial charge in [-0.3, -0.25) is 9.59 Å². The molecule has 0 aliphatic carbocycles. The lowest BCUT2D eigenvalue weighted by Gasteiger charge is -2.43. The third-order valence-electron chi connectivity index (χ3n) is 10.9. The lowest BCUT2D eigenvalue weighted by atomic mass is 9.79. The molecule has 3 aliphatic heterocycles. The van der Waals surface area contributed by atoms with Gasteiger partial charge < -0.3 is 47.7 Å². The van der Waals surface area contributed by atoms with Gasteiger partial charge in [-0.05, 0) is 58.9 Å². The molecule has 1 spiro atoms. The van der Waals surface area contributed by atoms with Crippen LogP contribution in [-0.4, -0.2) is 106 Å². The summed E-state index contributed by atoms with van der Waals surface area (Å²) in [5.41, 5.74) is 2.85. The van der Waals surface area contributed by atoms with E-state index in [2.05, 4.69) is 22.9 Å². The van der Waals surface area contributed by atoms with E-state index in [1.165, 1.54) is 13.8 Å². The molecule has 0 atom stereocenters. The maximum atomic E-state index is 14.3. The first-order valence-electron chi connectivity index (χ1n) is 19.5. The minimum atomic E-state index is -2.62. The molecule has 13 nitrogen and oxygen atoms in total. The van der Waals surface area contributed by atoms with E-state index < -0.39 is 31.6 Å². The van der Waals surface area contributed by atoms with Crippen LogP contribution < -0.4 is 39.1 Å². The van der Waals surface area contributed by atoms with Gasteiger partial charge in [0, 0.05) is 56.7 Å². The summed E-state index contributed by atoms with van der Waals surface area (Å²) in [5.74, 6) is 0.713. The summed E-state index contributed by atoms with van der Waals surface area (Å²) in [5, 5.41) is 1.83. The zero-order valence-electron chi connectivity index (χ0n) is 33.9. The Morgan fingerprint density at radius 2 is 1.12 bits per heavy atom. The lowest BCUT2D eigenvalue weighted by Crippen LogP contribution is -2.63. The molecule has 58 heavy (non-hydrogen) atoms. The number of methoxy groups -OCH3 is 2. The predicted octanol–water partition coefficient (Wildman–Crippen LogP) is 4.53. The SMILES string of the molecule is COc1ccccc1N1CCOCCOCCN(c2cc3c(cc2OC)C2(OC3=O)c3ccc(OC(C)=O)cc3[Si](C)(C)c3cc(OC(C)=O)ccc32)CCOCC1. The topological polar surface area (TPSA) is 132 Å². The minimum Gasteiger partial charge on any atom is -0.495 e. The van der Waals surface area contributed by atoms with Gasteiger partial charge in [-0.1, -0.05) is 37.4 Å². The third kappa shape index (κ3) is 7.89. The number of nitrogens with zero attached hydrogens (tertiary/aromatic N) is 2. The van der Waals surface area contributed by atoms with Crippen molar-refractivity contribution in [1.82, 2.24) is 0 Å². The normalized spacial score (nSPS) is 17.8. The van der Waals surface area contributed by atoms with Gasteiger partial charge in [-0.2, -0.15) is 0 Å². The molecule has 4 aromatic carbocycles. The molecule has 0 radical (unpaired) electrons. The Bertz CT molecular complexity index is 2120. The Kier molecular flexibility index (Phi) is 12.1. The maximum absolute atomic E-state index is 14.3. The zero-order valence-corrected chi connectivity index (χ0v) is 34.9. The van der Waals surface area contributed by atoms with Gasteiger partial charge in [0.2, 0.25) is 0 Å². The Labute approximate surface area is 339 Å². The molecule has 14 heteroatoms. The number of carbonyl (C=O) groups is 3. The Balaban J connectivity index is 1.26. The Morgan fingerprint density at radius 3 is 1.64 bits per heavy atom. The number of hydrogen-bond acceptors (Lipinski definition) is 13. The van der Waals surface area contributed by atoms with E-state index in [1.807, 2.05) is 60.7 Å². The summed E-state index contributed by atoms with van der Waals surface area (Å²) in [6.45, 7) is 12.0. The largest absolute Gasteiger partial charge is 0.495 e. The summed E-state index contributed by atoms with van der Waals surface area (Å²) in [4.78, 5) is 42.7. The van der Waals surface area contributed by atoms with Crippen molar-refractivity contribution in [3.8, 4) is 23.0 Å². The number of ether oxygens (including phenoxy) is 8. The molecule has 306 valence electrons. The van der Waals surface area contributed by atoms with Gasteiger partial charge in [-0.25, -0.2) is 4.79 Å². The van der Waals surface area contributed by atoms with E-state index in [0.29, 0.717) is 99.9 Å². The van der Waals surface area contributed by atoms with Crippen molar-refractivity contribution in [2.75, 3.05) is 89.8 Å². The van der Waals surface area contributed by atoms with Gasteiger partial charge in [0.1, 0.15) is 31.1 Å². The van der Waals surface area contributed by atoms with Crippen LogP contribution in [0.3, 0.4) is 0 Å². The van der Waals surface area contributed by atoms with Gasteiger partial charge in [0.05, 0.1) is 70.8 Å². The minimum absolute atomic E-state index is 0.389. The van der Waals surface area contributed by atoms with E-state index in [-0.39, 0.29) is 0 Å². The van der Waals surface area contributed by atoms with Crippen LogP contribution in [-0.2, 0) is 34.1 Å². The van der Waals surface area contributed by atoms with Crippen molar-refractivity contribution in [2.45, 2.75) is 32.5 Å². The highest BCUT2D eigenvalue weighted by Crippen LogP contribution is 2.52. The summed E-state index contributed by atoms with van der Waals surface area (Å²) < 4.78 is 47.7. The average molecular weight is 811 g/mol. The molecule has 7 rings (SSSR count). The second-order valence-corrected chi connectivity index (χ2v) is 19.2. The maximum Gasteiger partial charge on any atom is 0.340 e. The summed E-state index contributed by atoms with van der Waals surface area (Å²) in [7, 11) is 0.654. The van der Waals surface area contributed by atoms with Crippen molar-refractivity contribution >= 4 is 47.7 Å². The van der Waals surface area contributed by atoms with E-state index in [9.17, 15) is 14.4 Å². The zero-order chi connectivity index (χ0) is 41.0. The molecule has 0 N–H and O–H groups in total. The average Bonchev–Trinajstić information content (AvgIpc) is 3.48. The van der Waals surface area contributed by atoms with E-state index in [4.69, 9.17) is 37.9 Å². The van der Waals surface area contributed by atoms with Gasteiger partial charge in [0.15, 0.2) is 5.60 Å². The van der Waals surface area contributed by atoms with Crippen molar-refractivity contribution in [2.24, 2.45) is 0 Å². The molecule has 4 aromatic rings. The highest BCUT2D eigenvalue weighted by atomic mass is 28.3. The van der Waals surface area contributed by atoms with E-state index in [0.717, 1.165) is 32.9 Å². The molecule has 3 heterocycles. The van der Waals surface area contributed by atoms with Crippen LogP contribution >= 0.6 is 0 Å². The van der Waals surface area contributed by atoms with Crippen LogP contribution in [0.2, 0.25) is 13.1 Å². The summed E-state index contributed by atoms with van der Waals surface area (Å²) in [6, 6.07) is 22.6. The number of para-hydroxylation sites is 2. The smallest absolute Gasteiger partial charge is 0.340 e. The quantitative estimate of drug-likeness (QED) is 0.154. The number of fused-ring (bicyclic) bond motifs is 6. The summed E-state index contributed by atoms with van der Waals surface area (Å²) in [6.07, 6.45) is 0. The highest BCUT2D eigenvalue weighted by Gasteiger charge is 2.56. The first-order chi connectivity index (χ1) is 28.0.